The first-order chi connectivity index (χ1) is 22.8. The van der Waals surface area contributed by atoms with Crippen molar-refractivity contribution in [2.24, 2.45) is 0 Å². The molecule has 2 heteroatoms. The number of para-hydroxylation sites is 2. The van der Waals surface area contributed by atoms with Gasteiger partial charge in [-0.25, -0.2) is 0 Å². The van der Waals surface area contributed by atoms with Gasteiger partial charge < -0.3 is 8.83 Å². The quantitative estimate of drug-likeness (QED) is 0.191. The summed E-state index contributed by atoms with van der Waals surface area (Å²) in [6.45, 7) is 0. The van der Waals surface area contributed by atoms with Gasteiger partial charge in [-0.1, -0.05) is 116 Å². The third-order valence-electron chi connectivity index (χ3n) is 10.4. The van der Waals surface area contributed by atoms with E-state index in [2.05, 4.69) is 121 Å². The number of furan rings is 2. The van der Waals surface area contributed by atoms with E-state index in [4.69, 9.17) is 8.83 Å². The van der Waals surface area contributed by atoms with Crippen molar-refractivity contribution in [3.63, 3.8) is 0 Å². The van der Waals surface area contributed by atoms with Crippen LogP contribution in [0.5, 0.6) is 0 Å². The van der Waals surface area contributed by atoms with Crippen LogP contribution in [0.2, 0.25) is 0 Å². The lowest BCUT2D eigenvalue weighted by Crippen LogP contribution is -2.02. The Morgan fingerprint density at radius 1 is 0.435 bits per heavy atom. The molecule has 9 aromatic rings. The molecule has 2 aromatic heterocycles. The summed E-state index contributed by atoms with van der Waals surface area (Å²) >= 11 is 0. The first-order valence-corrected chi connectivity index (χ1v) is 16.6. The number of fused-ring (bicyclic) bond motifs is 7. The number of hydrogen-bond acceptors (Lipinski definition) is 2. The molecular formula is C44H32O2. The molecule has 0 N–H and O–H groups in total. The minimum absolute atomic E-state index is 0.557. The lowest BCUT2D eigenvalue weighted by atomic mass is 9.85. The van der Waals surface area contributed by atoms with Crippen LogP contribution in [-0.2, 0) is 0 Å². The Hall–Kier alpha value is -5.34. The molecule has 1 fully saturated rings. The Morgan fingerprint density at radius 2 is 1.11 bits per heavy atom. The van der Waals surface area contributed by atoms with Crippen molar-refractivity contribution in [3.8, 4) is 22.3 Å². The first kappa shape index (κ1) is 25.9. The van der Waals surface area contributed by atoms with Crippen molar-refractivity contribution in [2.45, 2.75) is 38.0 Å². The lowest BCUT2D eigenvalue weighted by molar-refractivity contribution is 0.385. The molecule has 0 aliphatic heterocycles. The molecule has 1 aliphatic rings. The maximum atomic E-state index is 6.57. The molecule has 0 unspecified atom stereocenters. The van der Waals surface area contributed by atoms with E-state index in [9.17, 15) is 0 Å². The van der Waals surface area contributed by atoms with E-state index in [1.807, 2.05) is 6.07 Å². The van der Waals surface area contributed by atoms with Gasteiger partial charge in [0, 0.05) is 33.2 Å². The maximum absolute atomic E-state index is 6.57. The van der Waals surface area contributed by atoms with Crippen LogP contribution in [-0.4, -0.2) is 0 Å². The molecule has 0 saturated heterocycles. The molecule has 10 rings (SSSR count). The highest BCUT2D eigenvalue weighted by atomic mass is 16.3. The highest BCUT2D eigenvalue weighted by Gasteiger charge is 2.22. The van der Waals surface area contributed by atoms with Gasteiger partial charge in [0.25, 0.3) is 0 Å². The number of rotatable bonds is 3. The zero-order chi connectivity index (χ0) is 30.2. The minimum Gasteiger partial charge on any atom is -0.461 e. The second-order valence-corrected chi connectivity index (χ2v) is 13.1. The predicted molar refractivity (Wildman–Crippen MR) is 193 cm³/mol. The second kappa shape index (κ2) is 10.1. The SMILES string of the molecule is c1ccc2c(c1)oc1c(-c3c4ccccc4c(-c4ccc5cc6cc(C7CCCCC7)oc6cc5c4)c4ccccc34)cccc12. The molecule has 0 spiro atoms. The fourth-order valence-corrected chi connectivity index (χ4v) is 8.22. The van der Waals surface area contributed by atoms with Gasteiger partial charge in [-0.05, 0) is 86.6 Å². The molecule has 0 atom stereocenters. The maximum Gasteiger partial charge on any atom is 0.143 e. The third-order valence-corrected chi connectivity index (χ3v) is 10.4. The highest BCUT2D eigenvalue weighted by Crippen LogP contribution is 2.47. The van der Waals surface area contributed by atoms with Crippen LogP contribution >= 0.6 is 0 Å². The Bertz CT molecular complexity index is 2570. The van der Waals surface area contributed by atoms with Gasteiger partial charge >= 0.3 is 0 Å². The second-order valence-electron chi connectivity index (χ2n) is 13.1. The van der Waals surface area contributed by atoms with Crippen molar-refractivity contribution >= 4 is 65.2 Å². The third kappa shape index (κ3) is 3.89. The van der Waals surface area contributed by atoms with Gasteiger partial charge in [0.1, 0.15) is 22.5 Å². The van der Waals surface area contributed by atoms with Crippen molar-refractivity contribution in [3.05, 3.63) is 133 Å². The van der Waals surface area contributed by atoms with E-state index in [1.54, 1.807) is 0 Å². The van der Waals surface area contributed by atoms with Gasteiger partial charge in [-0.15, -0.1) is 0 Å². The van der Waals surface area contributed by atoms with Gasteiger partial charge in [-0.3, -0.25) is 0 Å². The Labute approximate surface area is 266 Å². The van der Waals surface area contributed by atoms with E-state index in [-0.39, 0.29) is 0 Å². The minimum atomic E-state index is 0.557. The van der Waals surface area contributed by atoms with Gasteiger partial charge in [-0.2, -0.15) is 0 Å². The lowest BCUT2D eigenvalue weighted by Gasteiger charge is -2.18. The van der Waals surface area contributed by atoms with Crippen LogP contribution in [0.3, 0.4) is 0 Å². The van der Waals surface area contributed by atoms with Crippen LogP contribution < -0.4 is 0 Å². The monoisotopic (exact) mass is 592 g/mol. The van der Waals surface area contributed by atoms with Crippen molar-refractivity contribution < 1.29 is 8.83 Å². The van der Waals surface area contributed by atoms with E-state index >= 15 is 0 Å². The summed E-state index contributed by atoms with van der Waals surface area (Å²) in [6, 6.07) is 46.4. The standard InChI is InChI=1S/C44H32O2/c1-2-11-27(12-3-1)40-26-31-23-28-21-22-29(24-30(28)25-41(31)45-40)42-33-14-4-6-16-35(33)43(36-17-7-5-15-34(36)42)38-19-10-18-37-32-13-8-9-20-39(32)46-44(37)38/h4-10,13-27H,1-3,11-12H2. The summed E-state index contributed by atoms with van der Waals surface area (Å²) < 4.78 is 13.1. The molecule has 46 heavy (non-hydrogen) atoms. The average molecular weight is 593 g/mol. The van der Waals surface area contributed by atoms with E-state index in [1.165, 1.54) is 86.5 Å². The summed E-state index contributed by atoms with van der Waals surface area (Å²) in [6.07, 6.45) is 6.45. The molecule has 0 amide bonds. The zero-order valence-electron chi connectivity index (χ0n) is 25.6. The van der Waals surface area contributed by atoms with Gasteiger partial charge in [0.05, 0.1) is 0 Å². The molecule has 220 valence electrons. The molecular weight excluding hydrogens is 560 g/mol. The van der Waals surface area contributed by atoms with Crippen molar-refractivity contribution in [1.29, 1.82) is 0 Å². The fourth-order valence-electron chi connectivity index (χ4n) is 8.22. The molecule has 0 radical (unpaired) electrons. The summed E-state index contributed by atoms with van der Waals surface area (Å²) in [4.78, 5) is 0. The Balaban J connectivity index is 1.21. The topological polar surface area (TPSA) is 26.3 Å². The van der Waals surface area contributed by atoms with Gasteiger partial charge in [0.2, 0.25) is 0 Å². The molecule has 1 aliphatic carbocycles. The molecule has 1 saturated carbocycles. The van der Waals surface area contributed by atoms with Crippen molar-refractivity contribution in [2.75, 3.05) is 0 Å². The van der Waals surface area contributed by atoms with Gasteiger partial charge in [0.15, 0.2) is 0 Å². The zero-order valence-corrected chi connectivity index (χ0v) is 25.6. The smallest absolute Gasteiger partial charge is 0.143 e. The van der Waals surface area contributed by atoms with E-state index in [0.29, 0.717) is 5.92 Å². The molecule has 7 aromatic carbocycles. The average Bonchev–Trinajstić information content (AvgIpc) is 3.71. The largest absolute Gasteiger partial charge is 0.461 e. The van der Waals surface area contributed by atoms with Crippen LogP contribution in [0.15, 0.2) is 136 Å². The number of hydrogen-bond donors (Lipinski definition) is 0. The molecule has 2 nitrogen and oxygen atoms in total. The van der Waals surface area contributed by atoms with Crippen LogP contribution in [0.25, 0.3) is 87.5 Å². The first-order valence-electron chi connectivity index (χ1n) is 16.6. The summed E-state index contributed by atoms with van der Waals surface area (Å²) in [7, 11) is 0. The van der Waals surface area contributed by atoms with Crippen molar-refractivity contribution in [1.82, 2.24) is 0 Å². The Morgan fingerprint density at radius 3 is 1.87 bits per heavy atom. The predicted octanol–water partition coefficient (Wildman–Crippen LogP) is 13.2. The highest BCUT2D eigenvalue weighted by molar-refractivity contribution is 6.24. The van der Waals surface area contributed by atoms with E-state index in [0.717, 1.165) is 38.8 Å². The van der Waals surface area contributed by atoms with Crippen LogP contribution in [0.4, 0.5) is 0 Å². The van der Waals surface area contributed by atoms with E-state index < -0.39 is 0 Å². The summed E-state index contributed by atoms with van der Waals surface area (Å²) in [5.41, 5.74) is 7.67. The molecule has 0 bridgehead atoms. The normalized spacial score (nSPS) is 14.4. The summed E-state index contributed by atoms with van der Waals surface area (Å²) in [5.74, 6) is 1.72. The van der Waals surface area contributed by atoms with Crippen LogP contribution in [0.1, 0.15) is 43.8 Å². The molecule has 2 heterocycles. The number of benzene rings is 7. The van der Waals surface area contributed by atoms with Crippen LogP contribution in [0, 0.1) is 0 Å². The fraction of sp³-hybridized carbons (Fsp3) is 0.136. The Kier molecular flexibility index (Phi) is 5.69. The summed E-state index contributed by atoms with van der Waals surface area (Å²) in [5, 5.41) is 10.9.